The van der Waals surface area contributed by atoms with Crippen LogP contribution in [0.3, 0.4) is 0 Å². The molecule has 3 nitrogen and oxygen atoms in total. The van der Waals surface area contributed by atoms with Crippen LogP contribution in [0.1, 0.15) is 34.3 Å². The van der Waals surface area contributed by atoms with Crippen LogP contribution in [0.15, 0.2) is 54.6 Å². The van der Waals surface area contributed by atoms with Crippen molar-refractivity contribution in [1.82, 2.24) is 5.32 Å². The Labute approximate surface area is 111 Å². The molecule has 1 aliphatic rings. The molecule has 0 saturated heterocycles. The molecule has 0 fully saturated rings. The Bertz CT molecular complexity index is 624. The number of carbonyl (C=O) groups excluding carboxylic acids is 1. The van der Waals surface area contributed by atoms with Crippen molar-refractivity contribution in [3.05, 3.63) is 71.3 Å². The van der Waals surface area contributed by atoms with Gasteiger partial charge in [-0.15, -0.1) is 0 Å². The number of benzene rings is 2. The summed E-state index contributed by atoms with van der Waals surface area (Å²) in [6.07, 6.45) is 0. The third-order valence-corrected chi connectivity index (χ3v) is 3.81. The normalized spacial score (nSPS) is 22.7. The van der Waals surface area contributed by atoms with Crippen molar-refractivity contribution in [2.45, 2.75) is 18.6 Å². The summed E-state index contributed by atoms with van der Waals surface area (Å²) < 4.78 is 0. The van der Waals surface area contributed by atoms with E-state index in [-0.39, 0.29) is 11.8 Å². The van der Waals surface area contributed by atoms with E-state index < -0.39 is 5.72 Å². The maximum absolute atomic E-state index is 11.9. The monoisotopic (exact) mass is 253 g/mol. The third-order valence-electron chi connectivity index (χ3n) is 3.81. The fourth-order valence-electron chi connectivity index (χ4n) is 2.65. The first-order valence-corrected chi connectivity index (χ1v) is 6.32. The number of fused-ring (bicyclic) bond motifs is 1. The number of nitrogens with one attached hydrogen (secondary N) is 1. The molecule has 0 aliphatic carbocycles. The quantitative estimate of drug-likeness (QED) is 0.863. The number of hydrogen-bond donors (Lipinski definition) is 2. The Morgan fingerprint density at radius 2 is 1.68 bits per heavy atom. The molecular formula is C16H15NO2. The summed E-state index contributed by atoms with van der Waals surface area (Å²) in [4.78, 5) is 11.9. The highest BCUT2D eigenvalue weighted by Crippen LogP contribution is 2.39. The second-order valence-electron chi connectivity index (χ2n) is 4.90. The van der Waals surface area contributed by atoms with Gasteiger partial charge in [-0.05, 0) is 11.6 Å². The van der Waals surface area contributed by atoms with Gasteiger partial charge in [-0.25, -0.2) is 0 Å². The molecule has 1 heterocycles. The number of amides is 1. The molecular weight excluding hydrogens is 238 g/mol. The van der Waals surface area contributed by atoms with Crippen LogP contribution in [0.5, 0.6) is 0 Å². The van der Waals surface area contributed by atoms with Crippen LogP contribution in [0, 0.1) is 0 Å². The number of rotatable bonds is 2. The van der Waals surface area contributed by atoms with Gasteiger partial charge in [0.05, 0.1) is 0 Å². The molecule has 0 spiro atoms. The van der Waals surface area contributed by atoms with E-state index >= 15 is 0 Å². The fraction of sp³-hybridized carbons (Fsp3) is 0.188. The zero-order valence-electron chi connectivity index (χ0n) is 10.6. The molecule has 0 saturated carbocycles. The summed E-state index contributed by atoms with van der Waals surface area (Å²) in [6, 6.07) is 16.9. The molecule has 1 amide bonds. The average Bonchev–Trinajstić information content (AvgIpc) is 2.72. The molecule has 0 radical (unpaired) electrons. The summed E-state index contributed by atoms with van der Waals surface area (Å²) >= 11 is 0. The van der Waals surface area contributed by atoms with Gasteiger partial charge in [-0.1, -0.05) is 55.5 Å². The van der Waals surface area contributed by atoms with Crippen molar-refractivity contribution < 1.29 is 9.90 Å². The van der Waals surface area contributed by atoms with Crippen LogP contribution < -0.4 is 5.32 Å². The van der Waals surface area contributed by atoms with Gasteiger partial charge >= 0.3 is 0 Å². The Morgan fingerprint density at radius 3 is 2.42 bits per heavy atom. The predicted molar refractivity (Wildman–Crippen MR) is 72.7 cm³/mol. The SMILES string of the molecule is C[C@@H](c1ccccc1)[C@]1(O)NC(=O)c2ccccc21. The van der Waals surface area contributed by atoms with Crippen molar-refractivity contribution in [1.29, 1.82) is 0 Å². The van der Waals surface area contributed by atoms with Crippen molar-refractivity contribution in [3.63, 3.8) is 0 Å². The summed E-state index contributed by atoms with van der Waals surface area (Å²) in [5, 5.41) is 13.6. The molecule has 0 aromatic heterocycles. The van der Waals surface area contributed by atoms with Gasteiger partial charge < -0.3 is 10.4 Å². The van der Waals surface area contributed by atoms with E-state index in [2.05, 4.69) is 5.32 Å². The van der Waals surface area contributed by atoms with E-state index in [1.54, 1.807) is 18.2 Å². The standard InChI is InChI=1S/C16H15NO2/c1-11(12-7-3-2-4-8-12)16(19)14-10-6-5-9-13(14)15(18)17-16/h2-11,19H,1H3,(H,17,18)/t11-,16+/m0/s1. The van der Waals surface area contributed by atoms with Crippen molar-refractivity contribution >= 4 is 5.91 Å². The Balaban J connectivity index is 2.08. The second kappa shape index (κ2) is 4.21. The van der Waals surface area contributed by atoms with Gasteiger partial charge in [0.1, 0.15) is 0 Å². The predicted octanol–water partition coefficient (Wildman–Crippen LogP) is 2.38. The summed E-state index contributed by atoms with van der Waals surface area (Å²) in [7, 11) is 0. The number of aliphatic hydroxyl groups is 1. The molecule has 2 aromatic carbocycles. The lowest BCUT2D eigenvalue weighted by Crippen LogP contribution is -2.43. The first-order valence-electron chi connectivity index (χ1n) is 6.32. The van der Waals surface area contributed by atoms with Crippen LogP contribution in [0.25, 0.3) is 0 Å². The second-order valence-corrected chi connectivity index (χ2v) is 4.90. The van der Waals surface area contributed by atoms with Crippen molar-refractivity contribution in [2.24, 2.45) is 0 Å². The first kappa shape index (κ1) is 11.9. The Hall–Kier alpha value is -2.13. The lowest BCUT2D eigenvalue weighted by atomic mass is 9.85. The van der Waals surface area contributed by atoms with E-state index in [0.717, 1.165) is 5.56 Å². The lowest BCUT2D eigenvalue weighted by molar-refractivity contribution is -0.00775. The van der Waals surface area contributed by atoms with Crippen molar-refractivity contribution in [2.75, 3.05) is 0 Å². The smallest absolute Gasteiger partial charge is 0.254 e. The molecule has 2 atom stereocenters. The van der Waals surface area contributed by atoms with Gasteiger partial charge in [0.2, 0.25) is 0 Å². The first-order chi connectivity index (χ1) is 9.13. The summed E-state index contributed by atoms with van der Waals surface area (Å²) in [6.45, 7) is 1.91. The topological polar surface area (TPSA) is 49.3 Å². The zero-order chi connectivity index (χ0) is 13.5. The highest BCUT2D eigenvalue weighted by atomic mass is 16.3. The van der Waals surface area contributed by atoms with Crippen LogP contribution in [0.2, 0.25) is 0 Å². The minimum atomic E-state index is -1.34. The fourth-order valence-corrected chi connectivity index (χ4v) is 2.65. The van der Waals surface area contributed by atoms with Gasteiger partial charge in [0, 0.05) is 17.0 Å². The van der Waals surface area contributed by atoms with Crippen LogP contribution in [-0.4, -0.2) is 11.0 Å². The molecule has 2 N–H and O–H groups in total. The molecule has 19 heavy (non-hydrogen) atoms. The molecule has 96 valence electrons. The van der Waals surface area contributed by atoms with Gasteiger partial charge in [-0.2, -0.15) is 0 Å². The highest BCUT2D eigenvalue weighted by molar-refractivity contribution is 5.99. The van der Waals surface area contributed by atoms with E-state index in [1.807, 2.05) is 43.3 Å². The van der Waals surface area contributed by atoms with E-state index in [9.17, 15) is 9.90 Å². The largest absolute Gasteiger partial charge is 0.366 e. The molecule has 3 heteroatoms. The van der Waals surface area contributed by atoms with E-state index in [4.69, 9.17) is 0 Å². The molecule has 0 unspecified atom stereocenters. The average molecular weight is 253 g/mol. The number of hydrogen-bond acceptors (Lipinski definition) is 2. The maximum Gasteiger partial charge on any atom is 0.254 e. The van der Waals surface area contributed by atoms with Gasteiger partial charge in [-0.3, -0.25) is 4.79 Å². The highest BCUT2D eigenvalue weighted by Gasteiger charge is 2.45. The van der Waals surface area contributed by atoms with Gasteiger partial charge in [0.15, 0.2) is 5.72 Å². The van der Waals surface area contributed by atoms with Crippen LogP contribution in [-0.2, 0) is 5.72 Å². The minimum Gasteiger partial charge on any atom is -0.366 e. The Kier molecular flexibility index (Phi) is 2.64. The Morgan fingerprint density at radius 1 is 1.05 bits per heavy atom. The molecule has 2 aromatic rings. The van der Waals surface area contributed by atoms with E-state index in [0.29, 0.717) is 11.1 Å². The molecule has 3 rings (SSSR count). The maximum atomic E-state index is 11.9. The summed E-state index contributed by atoms with van der Waals surface area (Å²) in [5.41, 5.74) is 0.848. The molecule has 0 bridgehead atoms. The van der Waals surface area contributed by atoms with E-state index in [1.165, 1.54) is 0 Å². The van der Waals surface area contributed by atoms with Crippen LogP contribution >= 0.6 is 0 Å². The minimum absolute atomic E-state index is 0.221. The van der Waals surface area contributed by atoms with Crippen LogP contribution in [0.4, 0.5) is 0 Å². The van der Waals surface area contributed by atoms with Gasteiger partial charge in [0.25, 0.3) is 5.91 Å². The number of carbonyl (C=O) groups is 1. The van der Waals surface area contributed by atoms with Crippen molar-refractivity contribution in [3.8, 4) is 0 Å². The molecule has 1 aliphatic heterocycles. The third kappa shape index (κ3) is 1.74. The summed E-state index contributed by atoms with van der Waals surface area (Å²) in [5.74, 6) is -0.442. The zero-order valence-corrected chi connectivity index (χ0v) is 10.6. The lowest BCUT2D eigenvalue weighted by Gasteiger charge is -2.31.